The Kier molecular flexibility index (Phi) is 4.06. The number of aliphatic carboxylic acids is 1. The van der Waals surface area contributed by atoms with Crippen molar-refractivity contribution in [2.45, 2.75) is 16.7 Å². The van der Waals surface area contributed by atoms with E-state index in [0.717, 1.165) is 11.3 Å². The molecule has 0 spiro atoms. The molecule has 2 N–H and O–H groups in total. The summed E-state index contributed by atoms with van der Waals surface area (Å²) in [5, 5.41) is 10.3. The molecule has 0 radical (unpaired) electrons. The lowest BCUT2D eigenvalue weighted by molar-refractivity contribution is -0.138. The number of carboxylic acid groups (broad SMARTS) is 1. The smallest absolute Gasteiger partial charge is 0.322 e. The van der Waals surface area contributed by atoms with Crippen LogP contribution in [0, 0.1) is 12.3 Å². The molecule has 1 atom stereocenters. The molecule has 1 heterocycles. The zero-order valence-corrected chi connectivity index (χ0v) is 9.72. The van der Waals surface area contributed by atoms with E-state index < -0.39 is 22.0 Å². The van der Waals surface area contributed by atoms with Crippen LogP contribution in [0.5, 0.6) is 0 Å². The Morgan fingerprint density at radius 1 is 1.69 bits per heavy atom. The highest BCUT2D eigenvalue weighted by Crippen LogP contribution is 2.16. The van der Waals surface area contributed by atoms with E-state index in [9.17, 15) is 13.2 Å². The van der Waals surface area contributed by atoms with Crippen LogP contribution in [-0.4, -0.2) is 25.5 Å². The van der Waals surface area contributed by atoms with Gasteiger partial charge in [-0.05, 0) is 11.4 Å². The van der Waals surface area contributed by atoms with Crippen molar-refractivity contribution in [2.24, 2.45) is 0 Å². The van der Waals surface area contributed by atoms with Crippen molar-refractivity contribution in [2.75, 3.05) is 0 Å². The van der Waals surface area contributed by atoms with Gasteiger partial charge in [-0.3, -0.25) is 4.79 Å². The zero-order chi connectivity index (χ0) is 12.2. The molecule has 0 amide bonds. The highest BCUT2D eigenvalue weighted by Gasteiger charge is 2.25. The van der Waals surface area contributed by atoms with Gasteiger partial charge in [0.15, 0.2) is 0 Å². The molecule has 0 aliphatic rings. The average Bonchev–Trinajstić information content (AvgIpc) is 2.69. The number of carboxylic acids is 1. The van der Waals surface area contributed by atoms with Crippen LogP contribution in [0.1, 0.15) is 6.42 Å². The fraction of sp³-hybridized carbons (Fsp3) is 0.222. The minimum Gasteiger partial charge on any atom is -0.480 e. The predicted octanol–water partition coefficient (Wildman–Crippen LogP) is 0.503. The van der Waals surface area contributed by atoms with Crippen LogP contribution in [0.15, 0.2) is 21.7 Å². The van der Waals surface area contributed by atoms with E-state index in [2.05, 4.69) is 5.92 Å². The third kappa shape index (κ3) is 3.06. The predicted molar refractivity (Wildman–Crippen MR) is 59.5 cm³/mol. The summed E-state index contributed by atoms with van der Waals surface area (Å²) in [5.74, 6) is 0.819. The van der Waals surface area contributed by atoms with Gasteiger partial charge >= 0.3 is 5.97 Å². The number of hydrogen-bond donors (Lipinski definition) is 2. The van der Waals surface area contributed by atoms with Crippen LogP contribution in [-0.2, 0) is 14.8 Å². The van der Waals surface area contributed by atoms with E-state index in [1.807, 2.05) is 4.72 Å². The maximum absolute atomic E-state index is 11.7. The molecule has 1 rings (SSSR count). The third-order valence-electron chi connectivity index (χ3n) is 1.68. The standard InChI is InChI=1S/C9H9NO4S2/c1-2-4-7(9(11)12)10-16(13,14)8-5-3-6-15-8/h1,3,5-7,10H,4H2,(H,11,12). The molecule has 0 saturated carbocycles. The molecule has 0 aliphatic carbocycles. The van der Waals surface area contributed by atoms with E-state index in [-0.39, 0.29) is 10.6 Å². The van der Waals surface area contributed by atoms with Crippen molar-refractivity contribution in [3.05, 3.63) is 17.5 Å². The van der Waals surface area contributed by atoms with Gasteiger partial charge < -0.3 is 5.11 Å². The highest BCUT2D eigenvalue weighted by molar-refractivity contribution is 7.91. The van der Waals surface area contributed by atoms with Gasteiger partial charge in [-0.2, -0.15) is 4.72 Å². The van der Waals surface area contributed by atoms with E-state index in [4.69, 9.17) is 11.5 Å². The van der Waals surface area contributed by atoms with Gasteiger partial charge in [0.05, 0.1) is 0 Å². The lowest BCUT2D eigenvalue weighted by Gasteiger charge is -2.10. The normalized spacial score (nSPS) is 12.9. The first-order valence-corrected chi connectivity index (χ1v) is 6.56. The number of rotatable bonds is 5. The molecule has 0 bridgehead atoms. The van der Waals surface area contributed by atoms with E-state index in [1.54, 1.807) is 11.4 Å². The van der Waals surface area contributed by atoms with Gasteiger partial charge in [0.2, 0.25) is 0 Å². The number of carbonyl (C=O) groups is 1. The number of terminal acetylenes is 1. The topological polar surface area (TPSA) is 83.5 Å². The minimum atomic E-state index is -3.79. The Morgan fingerprint density at radius 3 is 2.81 bits per heavy atom. The maximum atomic E-state index is 11.7. The van der Waals surface area contributed by atoms with Crippen molar-refractivity contribution in [3.63, 3.8) is 0 Å². The second-order valence-electron chi connectivity index (χ2n) is 2.85. The van der Waals surface area contributed by atoms with Crippen molar-refractivity contribution in [1.29, 1.82) is 0 Å². The summed E-state index contributed by atoms with van der Waals surface area (Å²) in [6.07, 6.45) is 4.76. The molecule has 16 heavy (non-hydrogen) atoms. The van der Waals surface area contributed by atoms with Gasteiger partial charge in [0, 0.05) is 6.42 Å². The SMILES string of the molecule is C#CCC(NS(=O)(=O)c1cccs1)C(=O)O. The van der Waals surface area contributed by atoms with Gasteiger partial charge in [-0.15, -0.1) is 23.7 Å². The second kappa shape index (κ2) is 5.12. The van der Waals surface area contributed by atoms with Crippen molar-refractivity contribution < 1.29 is 18.3 Å². The van der Waals surface area contributed by atoms with Gasteiger partial charge in [0.1, 0.15) is 10.3 Å². The molecule has 1 unspecified atom stereocenters. The highest BCUT2D eigenvalue weighted by atomic mass is 32.2. The molecule has 0 aromatic carbocycles. The number of hydrogen-bond acceptors (Lipinski definition) is 4. The summed E-state index contributed by atoms with van der Waals surface area (Å²) in [6, 6.07) is 1.66. The summed E-state index contributed by atoms with van der Waals surface area (Å²) in [5.41, 5.74) is 0. The molecule has 86 valence electrons. The van der Waals surface area contributed by atoms with E-state index in [1.165, 1.54) is 6.07 Å². The first kappa shape index (κ1) is 12.7. The molecular formula is C9H9NO4S2. The number of nitrogens with one attached hydrogen (secondary N) is 1. The Hall–Kier alpha value is -1.36. The summed E-state index contributed by atoms with van der Waals surface area (Å²) in [7, 11) is -3.79. The van der Waals surface area contributed by atoms with Crippen molar-refractivity contribution in [1.82, 2.24) is 4.72 Å². The number of sulfonamides is 1. The first-order chi connectivity index (χ1) is 7.47. The maximum Gasteiger partial charge on any atom is 0.322 e. The monoisotopic (exact) mass is 259 g/mol. The molecule has 7 heteroatoms. The van der Waals surface area contributed by atoms with Crippen LogP contribution < -0.4 is 4.72 Å². The molecule has 0 fully saturated rings. The third-order valence-corrected chi connectivity index (χ3v) is 4.55. The first-order valence-electron chi connectivity index (χ1n) is 4.19. The van der Waals surface area contributed by atoms with Gasteiger partial charge in [-0.25, -0.2) is 8.42 Å². The summed E-state index contributed by atoms with van der Waals surface area (Å²) in [4.78, 5) is 10.7. The number of thiophene rings is 1. The van der Waals surface area contributed by atoms with E-state index >= 15 is 0 Å². The Bertz CT molecular complexity index is 498. The summed E-state index contributed by atoms with van der Waals surface area (Å²) < 4.78 is 25.4. The molecule has 0 saturated heterocycles. The molecular weight excluding hydrogens is 250 g/mol. The fourth-order valence-electron chi connectivity index (χ4n) is 0.959. The lowest BCUT2D eigenvalue weighted by atomic mass is 10.2. The second-order valence-corrected chi connectivity index (χ2v) is 5.74. The Morgan fingerprint density at radius 2 is 2.38 bits per heavy atom. The largest absolute Gasteiger partial charge is 0.480 e. The van der Waals surface area contributed by atoms with Crippen LogP contribution in [0.25, 0.3) is 0 Å². The molecule has 1 aromatic heterocycles. The van der Waals surface area contributed by atoms with E-state index in [0.29, 0.717) is 0 Å². The Labute approximate surface area is 97.2 Å². The quantitative estimate of drug-likeness (QED) is 0.754. The van der Waals surface area contributed by atoms with Crippen LogP contribution in [0.4, 0.5) is 0 Å². The van der Waals surface area contributed by atoms with Gasteiger partial charge in [-0.1, -0.05) is 6.07 Å². The minimum absolute atomic E-state index is 0.0655. The lowest BCUT2D eigenvalue weighted by Crippen LogP contribution is -2.40. The van der Waals surface area contributed by atoms with Crippen molar-refractivity contribution >= 4 is 27.3 Å². The molecule has 1 aromatic rings. The average molecular weight is 259 g/mol. The van der Waals surface area contributed by atoms with Crippen LogP contribution in [0.3, 0.4) is 0 Å². The summed E-state index contributed by atoms with van der Waals surface area (Å²) >= 11 is 1.01. The molecule has 5 nitrogen and oxygen atoms in total. The molecule has 0 aliphatic heterocycles. The van der Waals surface area contributed by atoms with Crippen LogP contribution in [0.2, 0.25) is 0 Å². The Balaban J connectivity index is 2.88. The fourth-order valence-corrected chi connectivity index (χ4v) is 3.16. The zero-order valence-electron chi connectivity index (χ0n) is 8.08. The van der Waals surface area contributed by atoms with Gasteiger partial charge in [0.25, 0.3) is 10.0 Å². The summed E-state index contributed by atoms with van der Waals surface area (Å²) in [6.45, 7) is 0. The van der Waals surface area contributed by atoms with Crippen LogP contribution >= 0.6 is 11.3 Å². The van der Waals surface area contributed by atoms with Crippen molar-refractivity contribution in [3.8, 4) is 12.3 Å².